The smallest absolute Gasteiger partial charge is 0.264 e. The summed E-state index contributed by atoms with van der Waals surface area (Å²) in [6.07, 6.45) is 0. The highest BCUT2D eigenvalue weighted by atomic mass is 35.5. The fourth-order valence-corrected chi connectivity index (χ4v) is 4.93. The molecule has 2 aliphatic rings. The maximum atomic E-state index is 13.1. The van der Waals surface area contributed by atoms with Crippen LogP contribution in [0.3, 0.4) is 0 Å². The third kappa shape index (κ3) is 2.32. The number of para-hydroxylation sites is 1. The summed E-state index contributed by atoms with van der Waals surface area (Å²) in [5, 5.41) is 0.452. The zero-order valence-corrected chi connectivity index (χ0v) is 14.8. The van der Waals surface area contributed by atoms with Crippen LogP contribution in [-0.4, -0.2) is 34.7 Å². The molecule has 7 heteroatoms. The van der Waals surface area contributed by atoms with Crippen LogP contribution in [0.5, 0.6) is 5.75 Å². The van der Waals surface area contributed by atoms with E-state index in [1.807, 2.05) is 25.1 Å². The molecule has 4 rings (SSSR count). The van der Waals surface area contributed by atoms with Crippen molar-refractivity contribution in [1.29, 1.82) is 0 Å². The van der Waals surface area contributed by atoms with Gasteiger partial charge in [-0.25, -0.2) is 8.42 Å². The third-order valence-electron chi connectivity index (χ3n) is 4.49. The van der Waals surface area contributed by atoms with Crippen molar-refractivity contribution >= 4 is 33.0 Å². The first-order valence-corrected chi connectivity index (χ1v) is 9.60. The van der Waals surface area contributed by atoms with E-state index in [1.165, 1.54) is 10.4 Å². The molecule has 2 aliphatic heterocycles. The van der Waals surface area contributed by atoms with Crippen molar-refractivity contribution in [1.82, 2.24) is 0 Å². The number of rotatable bonds is 2. The van der Waals surface area contributed by atoms with E-state index in [0.717, 1.165) is 23.5 Å². The molecule has 0 radical (unpaired) electrons. The zero-order valence-electron chi connectivity index (χ0n) is 13.2. The number of nitrogens with zero attached hydrogens (tertiary/aromatic N) is 2. The van der Waals surface area contributed by atoms with Crippen molar-refractivity contribution in [3.05, 3.63) is 47.0 Å². The van der Waals surface area contributed by atoms with Crippen LogP contribution in [0.2, 0.25) is 5.02 Å². The molecule has 0 atom stereocenters. The van der Waals surface area contributed by atoms with E-state index in [0.29, 0.717) is 30.4 Å². The number of benzene rings is 2. The lowest BCUT2D eigenvalue weighted by atomic mass is 10.1. The SMILES string of the molecule is Cc1ccc(S(=O)(=O)N2CCN3CCOc4cccc2c43)cc1Cl. The molecule has 0 fully saturated rings. The van der Waals surface area contributed by atoms with E-state index >= 15 is 0 Å². The predicted molar refractivity (Wildman–Crippen MR) is 94.9 cm³/mol. The molecule has 0 bridgehead atoms. The van der Waals surface area contributed by atoms with Crippen LogP contribution >= 0.6 is 11.6 Å². The maximum Gasteiger partial charge on any atom is 0.264 e. The summed E-state index contributed by atoms with van der Waals surface area (Å²) >= 11 is 6.13. The van der Waals surface area contributed by atoms with Crippen molar-refractivity contribution in [3.8, 4) is 5.75 Å². The second kappa shape index (κ2) is 5.57. The molecule has 2 aromatic carbocycles. The molecule has 5 nitrogen and oxygen atoms in total. The molecule has 0 unspecified atom stereocenters. The topological polar surface area (TPSA) is 49.9 Å². The number of ether oxygens (including phenoxy) is 1. The highest BCUT2D eigenvalue weighted by Crippen LogP contribution is 2.44. The van der Waals surface area contributed by atoms with Gasteiger partial charge in [0, 0.05) is 11.6 Å². The first-order valence-electron chi connectivity index (χ1n) is 7.78. The second-order valence-electron chi connectivity index (χ2n) is 5.95. The van der Waals surface area contributed by atoms with Gasteiger partial charge >= 0.3 is 0 Å². The molecule has 0 aliphatic carbocycles. The minimum Gasteiger partial charge on any atom is -0.489 e. The van der Waals surface area contributed by atoms with Gasteiger partial charge in [0.2, 0.25) is 0 Å². The standard InChI is InChI=1S/C17H17ClN2O3S/c1-12-5-6-13(11-14(12)18)24(21,22)20-8-7-19-9-10-23-16-4-2-3-15(20)17(16)19/h2-6,11H,7-10H2,1H3. The van der Waals surface area contributed by atoms with E-state index in [1.54, 1.807) is 12.1 Å². The highest BCUT2D eigenvalue weighted by Gasteiger charge is 2.35. The summed E-state index contributed by atoms with van der Waals surface area (Å²) in [5.74, 6) is 0.737. The average molecular weight is 365 g/mol. The van der Waals surface area contributed by atoms with E-state index in [2.05, 4.69) is 4.90 Å². The Balaban J connectivity index is 1.83. The Hall–Kier alpha value is -1.92. The first kappa shape index (κ1) is 15.6. The molecule has 2 heterocycles. The summed E-state index contributed by atoms with van der Waals surface area (Å²) in [7, 11) is -3.67. The molecule has 126 valence electrons. The van der Waals surface area contributed by atoms with Gasteiger partial charge in [-0.1, -0.05) is 23.7 Å². The van der Waals surface area contributed by atoms with Crippen molar-refractivity contribution in [2.75, 3.05) is 35.4 Å². The molecule has 2 aromatic rings. The summed E-state index contributed by atoms with van der Waals surface area (Å²) in [4.78, 5) is 2.39. The van der Waals surface area contributed by atoms with Crippen LogP contribution in [-0.2, 0) is 10.0 Å². The lowest BCUT2D eigenvalue weighted by molar-refractivity contribution is 0.307. The molecule has 0 amide bonds. The zero-order chi connectivity index (χ0) is 16.9. The Bertz CT molecular complexity index is 914. The second-order valence-corrected chi connectivity index (χ2v) is 8.22. The Morgan fingerprint density at radius 1 is 1.12 bits per heavy atom. The minimum absolute atomic E-state index is 0.209. The first-order chi connectivity index (χ1) is 11.5. The summed E-state index contributed by atoms with van der Waals surface area (Å²) < 4.78 is 33.4. The van der Waals surface area contributed by atoms with Crippen LogP contribution in [0.4, 0.5) is 11.4 Å². The highest BCUT2D eigenvalue weighted by molar-refractivity contribution is 7.92. The van der Waals surface area contributed by atoms with Crippen LogP contribution in [0, 0.1) is 6.92 Å². The number of hydrogen-bond acceptors (Lipinski definition) is 4. The van der Waals surface area contributed by atoms with Gasteiger partial charge in [-0.05, 0) is 36.8 Å². The number of sulfonamides is 1. The van der Waals surface area contributed by atoms with E-state index < -0.39 is 10.0 Å². The van der Waals surface area contributed by atoms with Gasteiger partial charge in [0.15, 0.2) is 0 Å². The van der Waals surface area contributed by atoms with Gasteiger partial charge < -0.3 is 9.64 Å². The van der Waals surface area contributed by atoms with Crippen molar-refractivity contribution in [2.24, 2.45) is 0 Å². The minimum atomic E-state index is -3.67. The lowest BCUT2D eigenvalue weighted by Crippen LogP contribution is -2.46. The molecule has 24 heavy (non-hydrogen) atoms. The quantitative estimate of drug-likeness (QED) is 0.821. The lowest BCUT2D eigenvalue weighted by Gasteiger charge is -2.41. The molecule has 0 N–H and O–H groups in total. The number of hydrogen-bond donors (Lipinski definition) is 0. The Kier molecular flexibility index (Phi) is 3.62. The molecular weight excluding hydrogens is 348 g/mol. The van der Waals surface area contributed by atoms with Crippen LogP contribution in [0.15, 0.2) is 41.3 Å². The summed E-state index contributed by atoms with van der Waals surface area (Å²) in [5.41, 5.74) is 2.37. The Morgan fingerprint density at radius 3 is 2.75 bits per heavy atom. The van der Waals surface area contributed by atoms with Gasteiger partial charge in [-0.3, -0.25) is 4.31 Å². The molecule has 0 spiro atoms. The monoisotopic (exact) mass is 364 g/mol. The third-order valence-corrected chi connectivity index (χ3v) is 6.70. The van der Waals surface area contributed by atoms with E-state index in [-0.39, 0.29) is 4.90 Å². The van der Waals surface area contributed by atoms with Crippen molar-refractivity contribution in [3.63, 3.8) is 0 Å². The maximum absolute atomic E-state index is 13.1. The molecular formula is C17H17ClN2O3S. The number of halogens is 1. The van der Waals surface area contributed by atoms with Gasteiger partial charge in [0.1, 0.15) is 18.0 Å². The van der Waals surface area contributed by atoms with E-state index in [9.17, 15) is 8.42 Å². The summed E-state index contributed by atoms with van der Waals surface area (Å²) in [6, 6.07) is 10.4. The van der Waals surface area contributed by atoms with Crippen molar-refractivity contribution in [2.45, 2.75) is 11.8 Å². The summed E-state index contributed by atoms with van der Waals surface area (Å²) in [6.45, 7) is 4.30. The van der Waals surface area contributed by atoms with Gasteiger partial charge in [-0.2, -0.15) is 0 Å². The molecule has 0 saturated heterocycles. The van der Waals surface area contributed by atoms with Crippen LogP contribution < -0.4 is 13.9 Å². The Morgan fingerprint density at radius 2 is 1.96 bits per heavy atom. The van der Waals surface area contributed by atoms with Crippen LogP contribution in [0.25, 0.3) is 0 Å². The van der Waals surface area contributed by atoms with E-state index in [4.69, 9.17) is 16.3 Å². The Labute approximate surface area is 146 Å². The van der Waals surface area contributed by atoms with Gasteiger partial charge in [-0.15, -0.1) is 0 Å². The van der Waals surface area contributed by atoms with Gasteiger partial charge in [0.25, 0.3) is 10.0 Å². The molecule has 0 saturated carbocycles. The average Bonchev–Trinajstić information content (AvgIpc) is 2.58. The molecule has 0 aromatic heterocycles. The predicted octanol–water partition coefficient (Wildman–Crippen LogP) is 3.06. The normalized spacial score (nSPS) is 16.6. The number of aryl methyl sites for hydroxylation is 1. The number of anilines is 2. The van der Waals surface area contributed by atoms with Crippen molar-refractivity contribution < 1.29 is 13.2 Å². The van der Waals surface area contributed by atoms with Crippen LogP contribution in [0.1, 0.15) is 5.56 Å². The van der Waals surface area contributed by atoms with Gasteiger partial charge in [0.05, 0.1) is 23.7 Å². The fraction of sp³-hybridized carbons (Fsp3) is 0.294. The largest absolute Gasteiger partial charge is 0.489 e. The fourth-order valence-electron chi connectivity index (χ4n) is 3.19.